The van der Waals surface area contributed by atoms with E-state index >= 15 is 0 Å². The van der Waals surface area contributed by atoms with Crippen LogP contribution in [0.15, 0.2) is 24.3 Å². The Balaban J connectivity index is 2.38. The van der Waals surface area contributed by atoms with Crippen LogP contribution in [0.1, 0.15) is 26.3 Å². The van der Waals surface area contributed by atoms with Gasteiger partial charge in [0.25, 0.3) is 0 Å². The van der Waals surface area contributed by atoms with Crippen LogP contribution < -0.4 is 4.90 Å². The second-order valence-electron chi connectivity index (χ2n) is 4.54. The molecule has 1 heterocycles. The van der Waals surface area contributed by atoms with Crippen molar-refractivity contribution in [3.63, 3.8) is 0 Å². The molecule has 1 aliphatic heterocycles. The Hall–Kier alpha value is -1.31. The highest BCUT2D eigenvalue weighted by Gasteiger charge is 2.31. The summed E-state index contributed by atoms with van der Waals surface area (Å²) in [6.45, 7) is 6.02. The number of hydrogen-bond donors (Lipinski definition) is 0. The van der Waals surface area contributed by atoms with Crippen molar-refractivity contribution in [1.29, 1.82) is 0 Å². The van der Waals surface area contributed by atoms with Gasteiger partial charge in [0.05, 0.1) is 0 Å². The fraction of sp³-hybridized carbons (Fsp3) is 0.462. The monoisotopic (exact) mass is 203 g/mol. The van der Waals surface area contributed by atoms with E-state index in [4.69, 9.17) is 0 Å². The zero-order chi connectivity index (χ0) is 11.0. The lowest BCUT2D eigenvalue weighted by molar-refractivity contribution is -0.121. The van der Waals surface area contributed by atoms with Crippen LogP contribution in [0, 0.1) is 5.92 Å². The van der Waals surface area contributed by atoms with Gasteiger partial charge < -0.3 is 4.90 Å². The largest absolute Gasteiger partial charge is 0.309 e. The minimum absolute atomic E-state index is 0.0682. The summed E-state index contributed by atoms with van der Waals surface area (Å²) in [4.78, 5) is 14.0. The summed E-state index contributed by atoms with van der Waals surface area (Å²) in [5.74, 6) is 0.297. The molecule has 0 unspecified atom stereocenters. The minimum atomic E-state index is 0.0682. The number of carbonyl (C=O) groups excluding carboxylic acids is 1. The summed E-state index contributed by atoms with van der Waals surface area (Å²) in [6, 6.07) is 8.49. The van der Waals surface area contributed by atoms with Crippen LogP contribution in [-0.4, -0.2) is 11.9 Å². The van der Waals surface area contributed by atoms with E-state index in [9.17, 15) is 4.79 Å². The van der Waals surface area contributed by atoms with Gasteiger partial charge in [0.2, 0.25) is 5.91 Å². The molecule has 80 valence electrons. The molecule has 1 aromatic carbocycles. The predicted octanol–water partition coefficient (Wildman–Crippen LogP) is 2.62. The van der Waals surface area contributed by atoms with Gasteiger partial charge >= 0.3 is 0 Å². The van der Waals surface area contributed by atoms with E-state index in [1.807, 2.05) is 36.9 Å². The van der Waals surface area contributed by atoms with Crippen molar-refractivity contribution in [3.8, 4) is 0 Å². The fourth-order valence-electron chi connectivity index (χ4n) is 2.18. The van der Waals surface area contributed by atoms with Gasteiger partial charge in [0.1, 0.15) is 0 Å². The minimum Gasteiger partial charge on any atom is -0.309 e. The molecule has 0 aliphatic carbocycles. The van der Waals surface area contributed by atoms with Crippen molar-refractivity contribution in [1.82, 2.24) is 0 Å². The molecule has 1 aliphatic rings. The zero-order valence-corrected chi connectivity index (χ0v) is 9.53. The molecule has 0 fully saturated rings. The molecule has 2 nitrogen and oxygen atoms in total. The molecule has 1 amide bonds. The summed E-state index contributed by atoms with van der Waals surface area (Å²) in [6.07, 6.45) is 0.981. The first-order valence-corrected chi connectivity index (χ1v) is 5.52. The van der Waals surface area contributed by atoms with Crippen LogP contribution in [0.4, 0.5) is 5.69 Å². The van der Waals surface area contributed by atoms with E-state index in [0.29, 0.717) is 6.04 Å². The molecular formula is C13H17NO. The Morgan fingerprint density at radius 3 is 2.73 bits per heavy atom. The molecule has 0 N–H and O–H groups in total. The van der Waals surface area contributed by atoms with E-state index in [-0.39, 0.29) is 11.8 Å². The first-order valence-electron chi connectivity index (χ1n) is 5.52. The van der Waals surface area contributed by atoms with Gasteiger partial charge in [-0.05, 0) is 25.0 Å². The molecule has 0 saturated heterocycles. The van der Waals surface area contributed by atoms with Crippen LogP contribution in [0.5, 0.6) is 0 Å². The number of nitrogens with zero attached hydrogens (tertiary/aromatic N) is 1. The Morgan fingerprint density at radius 2 is 2.07 bits per heavy atom. The summed E-state index contributed by atoms with van der Waals surface area (Å²) in [7, 11) is 0. The van der Waals surface area contributed by atoms with Crippen LogP contribution in [0.3, 0.4) is 0 Å². The van der Waals surface area contributed by atoms with E-state index in [0.717, 1.165) is 12.1 Å². The quantitative estimate of drug-likeness (QED) is 0.687. The van der Waals surface area contributed by atoms with Crippen molar-refractivity contribution >= 4 is 11.6 Å². The standard InChI is InChI=1S/C13H17NO/c1-9(2)13(15)14-10(3)8-11-6-4-5-7-12(11)14/h4-7,9-10H,8H2,1-3H3/t10-/m1/s1. The predicted molar refractivity (Wildman–Crippen MR) is 61.9 cm³/mol. The number of carbonyl (C=O) groups is 1. The van der Waals surface area contributed by atoms with Gasteiger partial charge in [-0.15, -0.1) is 0 Å². The highest BCUT2D eigenvalue weighted by Crippen LogP contribution is 2.32. The summed E-state index contributed by atoms with van der Waals surface area (Å²) in [5, 5.41) is 0. The lowest BCUT2D eigenvalue weighted by Crippen LogP contribution is -2.38. The van der Waals surface area contributed by atoms with Crippen molar-refractivity contribution in [3.05, 3.63) is 29.8 Å². The molecule has 0 spiro atoms. The number of amides is 1. The average molecular weight is 203 g/mol. The number of fused-ring (bicyclic) bond motifs is 1. The molecule has 15 heavy (non-hydrogen) atoms. The van der Waals surface area contributed by atoms with Gasteiger partial charge in [0.15, 0.2) is 0 Å². The fourth-order valence-corrected chi connectivity index (χ4v) is 2.18. The van der Waals surface area contributed by atoms with Crippen LogP contribution in [-0.2, 0) is 11.2 Å². The van der Waals surface area contributed by atoms with Gasteiger partial charge in [0, 0.05) is 17.6 Å². The highest BCUT2D eigenvalue weighted by molar-refractivity contribution is 5.97. The molecule has 0 saturated carbocycles. The van der Waals surface area contributed by atoms with Crippen molar-refractivity contribution in [2.24, 2.45) is 5.92 Å². The summed E-state index contributed by atoms with van der Waals surface area (Å²) < 4.78 is 0. The maximum Gasteiger partial charge on any atom is 0.229 e. The molecule has 1 atom stereocenters. The maximum atomic E-state index is 12.0. The van der Waals surface area contributed by atoms with Gasteiger partial charge in [-0.2, -0.15) is 0 Å². The van der Waals surface area contributed by atoms with E-state index < -0.39 is 0 Å². The topological polar surface area (TPSA) is 20.3 Å². The second kappa shape index (κ2) is 3.69. The Bertz CT molecular complexity index is 384. The lowest BCUT2D eigenvalue weighted by Gasteiger charge is -2.24. The smallest absolute Gasteiger partial charge is 0.229 e. The summed E-state index contributed by atoms with van der Waals surface area (Å²) >= 11 is 0. The lowest BCUT2D eigenvalue weighted by atomic mass is 10.1. The Kier molecular flexibility index (Phi) is 2.51. The average Bonchev–Trinajstić information content (AvgIpc) is 2.52. The molecular weight excluding hydrogens is 186 g/mol. The highest BCUT2D eigenvalue weighted by atomic mass is 16.2. The SMILES string of the molecule is CC(C)C(=O)N1c2ccccc2C[C@H]1C. The van der Waals surface area contributed by atoms with E-state index in [1.54, 1.807) is 0 Å². The third kappa shape index (κ3) is 1.65. The zero-order valence-electron chi connectivity index (χ0n) is 9.53. The number of rotatable bonds is 1. The molecule has 0 bridgehead atoms. The number of hydrogen-bond acceptors (Lipinski definition) is 1. The van der Waals surface area contributed by atoms with Gasteiger partial charge in [-0.3, -0.25) is 4.79 Å². The molecule has 0 radical (unpaired) electrons. The molecule has 2 heteroatoms. The third-order valence-corrected chi connectivity index (χ3v) is 2.94. The van der Waals surface area contributed by atoms with Crippen molar-refractivity contribution in [2.45, 2.75) is 33.2 Å². The molecule has 1 aromatic rings. The normalized spacial score (nSPS) is 19.5. The van der Waals surface area contributed by atoms with Crippen LogP contribution in [0.25, 0.3) is 0 Å². The molecule has 0 aromatic heterocycles. The van der Waals surface area contributed by atoms with Gasteiger partial charge in [-0.25, -0.2) is 0 Å². The maximum absolute atomic E-state index is 12.0. The Morgan fingerprint density at radius 1 is 1.40 bits per heavy atom. The number of para-hydroxylation sites is 1. The van der Waals surface area contributed by atoms with Crippen molar-refractivity contribution in [2.75, 3.05) is 4.90 Å². The number of anilines is 1. The first-order chi connectivity index (χ1) is 7.11. The summed E-state index contributed by atoms with van der Waals surface area (Å²) in [5.41, 5.74) is 2.39. The number of benzene rings is 1. The van der Waals surface area contributed by atoms with Crippen molar-refractivity contribution < 1.29 is 4.79 Å². The van der Waals surface area contributed by atoms with Crippen LogP contribution >= 0.6 is 0 Å². The van der Waals surface area contributed by atoms with E-state index in [2.05, 4.69) is 13.0 Å². The second-order valence-corrected chi connectivity index (χ2v) is 4.54. The van der Waals surface area contributed by atoms with Crippen LogP contribution in [0.2, 0.25) is 0 Å². The van der Waals surface area contributed by atoms with Gasteiger partial charge in [-0.1, -0.05) is 32.0 Å². The first kappa shape index (κ1) is 10.2. The molecule has 2 rings (SSSR count). The van der Waals surface area contributed by atoms with E-state index in [1.165, 1.54) is 5.56 Å². The Labute approximate surface area is 90.9 Å². The third-order valence-electron chi connectivity index (χ3n) is 2.94.